The van der Waals surface area contributed by atoms with Crippen molar-refractivity contribution in [2.45, 2.75) is 25.9 Å². The number of aliphatic carboxylic acids is 1. The number of hydrogen-bond acceptors (Lipinski definition) is 3. The summed E-state index contributed by atoms with van der Waals surface area (Å²) in [6.07, 6.45) is 0. The third-order valence-corrected chi connectivity index (χ3v) is 2.64. The summed E-state index contributed by atoms with van der Waals surface area (Å²) in [5.74, 6) is -1.42. The maximum atomic E-state index is 12.2. The molecule has 0 bridgehead atoms. The molecule has 0 spiro atoms. The van der Waals surface area contributed by atoms with Gasteiger partial charge in [0, 0.05) is 6.04 Å². The maximum absolute atomic E-state index is 12.2. The molecule has 18 heavy (non-hydrogen) atoms. The molecule has 5 heteroatoms. The van der Waals surface area contributed by atoms with Gasteiger partial charge in [0.05, 0.1) is 0 Å². The van der Waals surface area contributed by atoms with Crippen molar-refractivity contribution in [3.05, 3.63) is 35.9 Å². The Morgan fingerprint density at radius 3 is 2.28 bits per heavy atom. The van der Waals surface area contributed by atoms with Crippen molar-refractivity contribution < 1.29 is 14.7 Å². The average Bonchev–Trinajstić information content (AvgIpc) is 2.34. The fourth-order valence-electron chi connectivity index (χ4n) is 1.64. The van der Waals surface area contributed by atoms with E-state index in [4.69, 9.17) is 10.8 Å². The Hall–Kier alpha value is -1.88. The van der Waals surface area contributed by atoms with Crippen LogP contribution in [0.3, 0.4) is 0 Å². The van der Waals surface area contributed by atoms with E-state index < -0.39 is 12.0 Å². The molecule has 1 aromatic rings. The average molecular weight is 250 g/mol. The van der Waals surface area contributed by atoms with Crippen LogP contribution in [0.5, 0.6) is 0 Å². The Labute approximate surface area is 106 Å². The maximum Gasteiger partial charge on any atom is 0.323 e. The molecule has 0 saturated heterocycles. The molecule has 0 heterocycles. The molecular weight excluding hydrogens is 232 g/mol. The zero-order chi connectivity index (χ0) is 13.7. The third-order valence-electron chi connectivity index (χ3n) is 2.64. The summed E-state index contributed by atoms with van der Waals surface area (Å²) in [6.45, 7) is 3.19. The lowest BCUT2D eigenvalue weighted by molar-refractivity contribution is -0.146. The van der Waals surface area contributed by atoms with E-state index in [0.717, 1.165) is 0 Å². The smallest absolute Gasteiger partial charge is 0.323 e. The summed E-state index contributed by atoms with van der Waals surface area (Å²) in [4.78, 5) is 24.2. The number of amides is 1. The number of carboxylic acids is 1. The van der Waals surface area contributed by atoms with Gasteiger partial charge in [0.1, 0.15) is 12.6 Å². The molecule has 0 fully saturated rings. The molecule has 98 valence electrons. The normalized spacial score (nSPS) is 12.2. The number of rotatable bonds is 5. The Kier molecular flexibility index (Phi) is 4.85. The van der Waals surface area contributed by atoms with Crippen LogP contribution in [-0.2, 0) is 9.59 Å². The summed E-state index contributed by atoms with van der Waals surface area (Å²) in [6, 6.07) is 7.89. The highest BCUT2D eigenvalue weighted by molar-refractivity contribution is 5.86. The minimum atomic E-state index is -1.04. The van der Waals surface area contributed by atoms with Crippen LogP contribution >= 0.6 is 0 Å². The fraction of sp³-hybridized carbons (Fsp3) is 0.385. The monoisotopic (exact) mass is 250 g/mol. The van der Waals surface area contributed by atoms with E-state index in [2.05, 4.69) is 0 Å². The van der Waals surface area contributed by atoms with Crippen molar-refractivity contribution in [1.82, 2.24) is 4.90 Å². The van der Waals surface area contributed by atoms with E-state index >= 15 is 0 Å². The molecule has 5 nitrogen and oxygen atoms in total. The van der Waals surface area contributed by atoms with Crippen LogP contribution in [0.4, 0.5) is 0 Å². The Balaban J connectivity index is 2.86. The Morgan fingerprint density at radius 2 is 1.83 bits per heavy atom. The van der Waals surface area contributed by atoms with Crippen LogP contribution in [0.25, 0.3) is 0 Å². The topological polar surface area (TPSA) is 83.6 Å². The van der Waals surface area contributed by atoms with Crippen molar-refractivity contribution in [2.75, 3.05) is 6.54 Å². The van der Waals surface area contributed by atoms with Gasteiger partial charge in [0.2, 0.25) is 5.91 Å². The predicted octanol–water partition coefficient (Wildman–Crippen LogP) is 1.01. The van der Waals surface area contributed by atoms with Gasteiger partial charge in [-0.3, -0.25) is 9.59 Å². The zero-order valence-corrected chi connectivity index (χ0v) is 10.5. The minimum absolute atomic E-state index is 0.205. The standard InChI is InChI=1S/C13H18N2O3/c1-9(2)15(8-11(16)17)13(18)12(14)10-6-4-3-5-7-10/h3-7,9,12H,8,14H2,1-2H3,(H,16,17)/t12-/m0/s1. The summed E-state index contributed by atoms with van der Waals surface area (Å²) >= 11 is 0. The molecule has 0 radical (unpaired) electrons. The summed E-state index contributed by atoms with van der Waals surface area (Å²) in [7, 11) is 0. The lowest BCUT2D eigenvalue weighted by atomic mass is 10.1. The van der Waals surface area contributed by atoms with Crippen LogP contribution in [0, 0.1) is 0 Å². The van der Waals surface area contributed by atoms with Gasteiger partial charge in [0.25, 0.3) is 0 Å². The van der Waals surface area contributed by atoms with E-state index in [0.29, 0.717) is 5.56 Å². The van der Waals surface area contributed by atoms with Crippen molar-refractivity contribution in [2.24, 2.45) is 5.73 Å². The number of nitrogens with zero attached hydrogens (tertiary/aromatic N) is 1. The molecule has 0 unspecified atom stereocenters. The SMILES string of the molecule is CC(C)N(CC(=O)O)C(=O)[C@@H](N)c1ccccc1. The van der Waals surface area contributed by atoms with Crippen LogP contribution in [0.2, 0.25) is 0 Å². The van der Waals surface area contributed by atoms with Gasteiger partial charge in [-0.25, -0.2) is 0 Å². The largest absolute Gasteiger partial charge is 0.480 e. The molecule has 1 atom stereocenters. The second-order valence-corrected chi connectivity index (χ2v) is 4.34. The number of carbonyl (C=O) groups is 2. The van der Waals surface area contributed by atoms with E-state index in [-0.39, 0.29) is 18.5 Å². The highest BCUT2D eigenvalue weighted by atomic mass is 16.4. The molecule has 0 aromatic heterocycles. The fourth-order valence-corrected chi connectivity index (χ4v) is 1.64. The predicted molar refractivity (Wildman–Crippen MR) is 67.9 cm³/mol. The van der Waals surface area contributed by atoms with E-state index in [1.165, 1.54) is 4.90 Å². The molecule has 0 aliphatic rings. The third kappa shape index (κ3) is 3.56. The number of carbonyl (C=O) groups excluding carboxylic acids is 1. The zero-order valence-electron chi connectivity index (χ0n) is 10.5. The highest BCUT2D eigenvalue weighted by Gasteiger charge is 2.25. The van der Waals surface area contributed by atoms with Gasteiger partial charge in [-0.05, 0) is 19.4 Å². The van der Waals surface area contributed by atoms with Crippen LogP contribution in [0.15, 0.2) is 30.3 Å². The van der Waals surface area contributed by atoms with Crippen molar-refractivity contribution >= 4 is 11.9 Å². The Morgan fingerprint density at radius 1 is 1.28 bits per heavy atom. The van der Waals surface area contributed by atoms with Crippen LogP contribution < -0.4 is 5.73 Å². The van der Waals surface area contributed by atoms with Crippen molar-refractivity contribution in [3.63, 3.8) is 0 Å². The lowest BCUT2D eigenvalue weighted by Crippen LogP contribution is -2.45. The first kappa shape index (κ1) is 14.2. The van der Waals surface area contributed by atoms with Gasteiger partial charge in [-0.1, -0.05) is 30.3 Å². The molecule has 0 aliphatic carbocycles. The van der Waals surface area contributed by atoms with Gasteiger partial charge in [0.15, 0.2) is 0 Å². The first-order valence-corrected chi connectivity index (χ1v) is 5.76. The highest BCUT2D eigenvalue weighted by Crippen LogP contribution is 2.14. The molecule has 3 N–H and O–H groups in total. The summed E-state index contributed by atoms with van der Waals surface area (Å²) in [5.41, 5.74) is 6.55. The number of benzene rings is 1. The van der Waals surface area contributed by atoms with E-state index in [1.54, 1.807) is 38.1 Å². The second kappa shape index (κ2) is 6.16. The number of nitrogens with two attached hydrogens (primary N) is 1. The van der Waals surface area contributed by atoms with Crippen LogP contribution in [-0.4, -0.2) is 34.5 Å². The Bertz CT molecular complexity index is 418. The van der Waals surface area contributed by atoms with E-state index in [1.807, 2.05) is 6.07 Å². The van der Waals surface area contributed by atoms with Gasteiger partial charge in [-0.15, -0.1) is 0 Å². The molecule has 1 rings (SSSR count). The van der Waals surface area contributed by atoms with E-state index in [9.17, 15) is 9.59 Å². The first-order chi connectivity index (χ1) is 8.43. The van der Waals surface area contributed by atoms with Crippen LogP contribution in [0.1, 0.15) is 25.5 Å². The van der Waals surface area contributed by atoms with Crippen molar-refractivity contribution in [3.8, 4) is 0 Å². The van der Waals surface area contributed by atoms with Gasteiger partial charge >= 0.3 is 5.97 Å². The van der Waals surface area contributed by atoms with Gasteiger partial charge in [-0.2, -0.15) is 0 Å². The molecular formula is C13H18N2O3. The lowest BCUT2D eigenvalue weighted by Gasteiger charge is -2.27. The summed E-state index contributed by atoms with van der Waals surface area (Å²) in [5, 5.41) is 8.80. The minimum Gasteiger partial charge on any atom is -0.480 e. The molecule has 0 saturated carbocycles. The number of carboxylic acid groups (broad SMARTS) is 1. The quantitative estimate of drug-likeness (QED) is 0.816. The van der Waals surface area contributed by atoms with Crippen molar-refractivity contribution in [1.29, 1.82) is 0 Å². The number of hydrogen-bond donors (Lipinski definition) is 2. The van der Waals surface area contributed by atoms with Gasteiger partial charge < -0.3 is 15.7 Å². The molecule has 1 aromatic carbocycles. The summed E-state index contributed by atoms with van der Waals surface area (Å²) < 4.78 is 0. The second-order valence-electron chi connectivity index (χ2n) is 4.34. The molecule has 0 aliphatic heterocycles. The molecule has 1 amide bonds. The first-order valence-electron chi connectivity index (χ1n) is 5.76.